The van der Waals surface area contributed by atoms with Crippen molar-refractivity contribution >= 4 is 17.3 Å². The maximum absolute atomic E-state index is 11.2. The molecule has 0 amide bonds. The van der Waals surface area contributed by atoms with Crippen molar-refractivity contribution in [2.24, 2.45) is 0 Å². The number of nitriles is 1. The summed E-state index contributed by atoms with van der Waals surface area (Å²) >= 11 is 0. The van der Waals surface area contributed by atoms with Crippen molar-refractivity contribution in [1.82, 2.24) is 0 Å². The van der Waals surface area contributed by atoms with E-state index in [2.05, 4.69) is 25.2 Å². The maximum Gasteiger partial charge on any atom is 0.304 e. The lowest BCUT2D eigenvalue weighted by Gasteiger charge is -2.20. The van der Waals surface area contributed by atoms with Gasteiger partial charge in [-0.25, -0.2) is 0 Å². The molecule has 5 nitrogen and oxygen atoms in total. The number of rotatable bonds is 8. The third kappa shape index (κ3) is 5.08. The van der Waals surface area contributed by atoms with Gasteiger partial charge >= 0.3 is 5.97 Å². The molecule has 0 spiro atoms. The lowest BCUT2D eigenvalue weighted by atomic mass is 9.92. The Bertz CT molecular complexity index is 792. The molecule has 0 bridgehead atoms. The molecule has 0 aliphatic carbocycles. The Morgan fingerprint density at radius 1 is 1.23 bits per heavy atom. The first kappa shape index (κ1) is 19.5. The van der Waals surface area contributed by atoms with Crippen LogP contribution in [0.15, 0.2) is 42.5 Å². The van der Waals surface area contributed by atoms with Crippen molar-refractivity contribution < 1.29 is 14.6 Å². The third-order valence-corrected chi connectivity index (χ3v) is 4.25. The van der Waals surface area contributed by atoms with Crippen molar-refractivity contribution in [3.63, 3.8) is 0 Å². The first-order chi connectivity index (χ1) is 12.4. The standard InChI is InChI=1S/C21H24N2O3/c1-14(2)19-9-6-16(17(13-26-3)11-21(24)25)10-20(19)23-18-7-4-15(12-22)5-8-18/h4-10,14,17,23H,11,13H2,1-3H3,(H,24,25)/t17-/m0/s1. The van der Waals surface area contributed by atoms with Crippen LogP contribution in [0, 0.1) is 11.3 Å². The molecule has 136 valence electrons. The lowest BCUT2D eigenvalue weighted by molar-refractivity contribution is -0.137. The highest BCUT2D eigenvalue weighted by molar-refractivity contribution is 5.69. The number of carboxylic acid groups (broad SMARTS) is 1. The number of nitrogens with one attached hydrogen (secondary N) is 1. The van der Waals surface area contributed by atoms with E-state index >= 15 is 0 Å². The van der Waals surface area contributed by atoms with Crippen LogP contribution in [0.3, 0.4) is 0 Å². The molecule has 2 N–H and O–H groups in total. The van der Waals surface area contributed by atoms with Crippen LogP contribution in [-0.4, -0.2) is 24.8 Å². The monoisotopic (exact) mass is 352 g/mol. The number of anilines is 2. The van der Waals surface area contributed by atoms with Gasteiger partial charge in [-0.3, -0.25) is 4.79 Å². The molecular weight excluding hydrogens is 328 g/mol. The molecule has 0 saturated heterocycles. The molecule has 5 heteroatoms. The average Bonchev–Trinajstić information content (AvgIpc) is 2.61. The van der Waals surface area contributed by atoms with Crippen LogP contribution in [0.4, 0.5) is 11.4 Å². The molecule has 0 radical (unpaired) electrons. The maximum atomic E-state index is 11.2. The van der Waals surface area contributed by atoms with Crippen molar-refractivity contribution in [2.75, 3.05) is 19.0 Å². The zero-order valence-electron chi connectivity index (χ0n) is 15.3. The summed E-state index contributed by atoms with van der Waals surface area (Å²) in [4.78, 5) is 11.2. The third-order valence-electron chi connectivity index (χ3n) is 4.25. The summed E-state index contributed by atoms with van der Waals surface area (Å²) in [5, 5.41) is 21.5. The van der Waals surface area contributed by atoms with E-state index < -0.39 is 5.97 Å². The van der Waals surface area contributed by atoms with E-state index in [0.717, 1.165) is 22.5 Å². The molecule has 0 aliphatic heterocycles. The minimum Gasteiger partial charge on any atom is -0.481 e. The molecular formula is C21H24N2O3. The first-order valence-electron chi connectivity index (χ1n) is 8.56. The number of aliphatic carboxylic acids is 1. The van der Waals surface area contributed by atoms with Crippen molar-refractivity contribution in [2.45, 2.75) is 32.1 Å². The summed E-state index contributed by atoms with van der Waals surface area (Å²) in [6, 6.07) is 15.4. The molecule has 0 unspecified atom stereocenters. The van der Waals surface area contributed by atoms with E-state index in [1.165, 1.54) is 0 Å². The summed E-state index contributed by atoms with van der Waals surface area (Å²) in [6.07, 6.45) is 0.0190. The van der Waals surface area contributed by atoms with Crippen LogP contribution in [0.2, 0.25) is 0 Å². The Hall–Kier alpha value is -2.84. The average molecular weight is 352 g/mol. The summed E-state index contributed by atoms with van der Waals surface area (Å²) < 4.78 is 5.21. The number of carbonyl (C=O) groups is 1. The van der Waals surface area contributed by atoms with Crippen molar-refractivity contribution in [1.29, 1.82) is 5.26 Å². The molecule has 2 rings (SSSR count). The Balaban J connectivity index is 2.37. The van der Waals surface area contributed by atoms with Crippen molar-refractivity contribution in [3.05, 3.63) is 59.2 Å². The first-order valence-corrected chi connectivity index (χ1v) is 8.56. The van der Waals surface area contributed by atoms with Gasteiger partial charge in [0.25, 0.3) is 0 Å². The largest absolute Gasteiger partial charge is 0.481 e. The number of hydrogen-bond acceptors (Lipinski definition) is 4. The Morgan fingerprint density at radius 2 is 1.92 bits per heavy atom. The SMILES string of the molecule is COC[C@H](CC(=O)O)c1ccc(C(C)C)c(Nc2ccc(C#N)cc2)c1. The Kier molecular flexibility index (Phi) is 6.76. The zero-order chi connectivity index (χ0) is 19.1. The topological polar surface area (TPSA) is 82.3 Å². The minimum absolute atomic E-state index is 0.0190. The van der Waals surface area contributed by atoms with E-state index in [-0.39, 0.29) is 12.3 Å². The summed E-state index contributed by atoms with van der Waals surface area (Å²) in [7, 11) is 1.58. The molecule has 26 heavy (non-hydrogen) atoms. The van der Waals surface area contributed by atoms with Crippen LogP contribution in [0.25, 0.3) is 0 Å². The smallest absolute Gasteiger partial charge is 0.304 e. The number of benzene rings is 2. The highest BCUT2D eigenvalue weighted by Crippen LogP contribution is 2.32. The highest BCUT2D eigenvalue weighted by Gasteiger charge is 2.18. The highest BCUT2D eigenvalue weighted by atomic mass is 16.5. The molecule has 0 fully saturated rings. The normalized spacial score (nSPS) is 11.8. The number of hydrogen-bond donors (Lipinski definition) is 2. The van der Waals surface area contributed by atoms with E-state index in [9.17, 15) is 9.90 Å². The van der Waals surface area contributed by atoms with Crippen LogP contribution in [-0.2, 0) is 9.53 Å². The van der Waals surface area contributed by atoms with Gasteiger partial charge in [0, 0.05) is 24.4 Å². The van der Waals surface area contributed by atoms with Gasteiger partial charge in [0.1, 0.15) is 0 Å². The van der Waals surface area contributed by atoms with Crippen molar-refractivity contribution in [3.8, 4) is 6.07 Å². The summed E-state index contributed by atoms with van der Waals surface area (Å²) in [5.41, 5.74) is 4.49. The predicted octanol–water partition coefficient (Wildman–Crippen LogP) is 4.63. The molecule has 1 atom stereocenters. The van der Waals surface area contributed by atoms with Gasteiger partial charge < -0.3 is 15.2 Å². The number of ether oxygens (including phenoxy) is 1. The van der Waals surface area contributed by atoms with Crippen LogP contribution in [0.1, 0.15) is 48.8 Å². The summed E-state index contributed by atoms with van der Waals surface area (Å²) in [6.45, 7) is 4.58. The van der Waals surface area contributed by atoms with Gasteiger partial charge in [-0.15, -0.1) is 0 Å². The van der Waals surface area contributed by atoms with Gasteiger partial charge in [-0.1, -0.05) is 26.0 Å². The van der Waals surface area contributed by atoms with Gasteiger partial charge in [0.2, 0.25) is 0 Å². The van der Waals surface area contributed by atoms with Gasteiger partial charge in [-0.2, -0.15) is 5.26 Å². The fourth-order valence-corrected chi connectivity index (χ4v) is 2.91. The van der Waals surface area contributed by atoms with Crippen LogP contribution < -0.4 is 5.32 Å². The number of nitrogens with zero attached hydrogens (tertiary/aromatic N) is 1. The molecule has 0 aromatic heterocycles. The zero-order valence-corrected chi connectivity index (χ0v) is 15.3. The molecule has 2 aromatic carbocycles. The van der Waals surface area contributed by atoms with Gasteiger partial charge in [0.05, 0.1) is 24.7 Å². The second-order valence-electron chi connectivity index (χ2n) is 6.57. The van der Waals surface area contributed by atoms with Gasteiger partial charge in [0.15, 0.2) is 0 Å². The fraction of sp³-hybridized carbons (Fsp3) is 0.333. The molecule has 0 aliphatic rings. The second-order valence-corrected chi connectivity index (χ2v) is 6.57. The molecule has 0 saturated carbocycles. The van der Waals surface area contributed by atoms with Crippen LogP contribution in [0.5, 0.6) is 0 Å². The van der Waals surface area contributed by atoms with E-state index in [1.807, 2.05) is 30.3 Å². The fourth-order valence-electron chi connectivity index (χ4n) is 2.91. The Labute approximate surface area is 154 Å². The Morgan fingerprint density at radius 3 is 2.46 bits per heavy atom. The van der Waals surface area contributed by atoms with E-state index in [1.54, 1.807) is 19.2 Å². The van der Waals surface area contributed by atoms with E-state index in [4.69, 9.17) is 10.00 Å². The molecule has 0 heterocycles. The van der Waals surface area contributed by atoms with Gasteiger partial charge in [-0.05, 0) is 47.4 Å². The lowest BCUT2D eigenvalue weighted by Crippen LogP contribution is -2.12. The van der Waals surface area contributed by atoms with E-state index in [0.29, 0.717) is 18.1 Å². The predicted molar refractivity (Wildman–Crippen MR) is 102 cm³/mol. The molecule has 2 aromatic rings. The quantitative estimate of drug-likeness (QED) is 0.724. The second kappa shape index (κ2) is 9.02. The number of carboxylic acids is 1. The minimum atomic E-state index is -0.846. The van der Waals surface area contributed by atoms with Crippen LogP contribution >= 0.6 is 0 Å². The number of methoxy groups -OCH3 is 1. The summed E-state index contributed by atoms with van der Waals surface area (Å²) in [5.74, 6) is -0.743.